The fourth-order valence-electron chi connectivity index (χ4n) is 3.19. The van der Waals surface area contributed by atoms with Crippen LogP contribution in [0.1, 0.15) is 34.6 Å². The molecule has 0 radical (unpaired) electrons. The molecule has 1 amide bonds. The van der Waals surface area contributed by atoms with Crippen molar-refractivity contribution in [3.8, 4) is 5.69 Å². The van der Waals surface area contributed by atoms with Gasteiger partial charge in [-0.05, 0) is 37.6 Å². The number of hydrogen-bond acceptors (Lipinski definition) is 4. The monoisotopic (exact) mass is 360 g/mol. The van der Waals surface area contributed by atoms with E-state index in [1.807, 2.05) is 62.4 Å². The lowest BCUT2D eigenvalue weighted by molar-refractivity contribution is 0.0712. The Bertz CT molecular complexity index is 1080. The van der Waals surface area contributed by atoms with Gasteiger partial charge in [-0.25, -0.2) is 9.67 Å². The van der Waals surface area contributed by atoms with Crippen LogP contribution in [0, 0.1) is 6.92 Å². The molecule has 6 nitrogen and oxygen atoms in total. The van der Waals surface area contributed by atoms with Gasteiger partial charge in [-0.3, -0.25) is 4.79 Å². The summed E-state index contributed by atoms with van der Waals surface area (Å²) in [5.74, 6) is 0.265. The maximum absolute atomic E-state index is 13.0. The highest BCUT2D eigenvalue weighted by Gasteiger charge is 2.24. The summed E-state index contributed by atoms with van der Waals surface area (Å²) in [5.41, 5.74) is 3.56. The number of nitrogens with zero attached hydrogens (tertiary/aromatic N) is 4. The lowest BCUT2D eigenvalue weighted by atomic mass is 10.1. The van der Waals surface area contributed by atoms with Crippen molar-refractivity contribution in [1.29, 1.82) is 0 Å². The third kappa shape index (κ3) is 2.99. The molecule has 0 aliphatic rings. The summed E-state index contributed by atoms with van der Waals surface area (Å²) in [6.45, 7) is 3.92. The minimum atomic E-state index is -0.128. The average molecular weight is 360 g/mol. The highest BCUT2D eigenvalue weighted by atomic mass is 16.3. The van der Waals surface area contributed by atoms with Crippen LogP contribution in [0.4, 0.5) is 0 Å². The zero-order valence-corrected chi connectivity index (χ0v) is 15.5. The van der Waals surface area contributed by atoms with Gasteiger partial charge < -0.3 is 9.32 Å². The van der Waals surface area contributed by atoms with Gasteiger partial charge in [0.25, 0.3) is 5.91 Å². The van der Waals surface area contributed by atoms with Gasteiger partial charge >= 0.3 is 0 Å². The molecule has 0 fully saturated rings. The van der Waals surface area contributed by atoms with Gasteiger partial charge in [0.1, 0.15) is 18.2 Å². The SMILES string of the molecule is Cc1c(C(=O)N(C)[C@H](C)c2ccc(-n3cncn3)cc2)oc2ccccc12. The molecule has 1 atom stereocenters. The molecule has 0 aliphatic carbocycles. The zero-order valence-electron chi connectivity index (χ0n) is 15.5. The molecule has 2 aromatic heterocycles. The summed E-state index contributed by atoms with van der Waals surface area (Å²) in [6.07, 6.45) is 3.15. The molecule has 0 bridgehead atoms. The van der Waals surface area contributed by atoms with Crippen molar-refractivity contribution in [2.45, 2.75) is 19.9 Å². The molecule has 2 heterocycles. The van der Waals surface area contributed by atoms with E-state index in [-0.39, 0.29) is 11.9 Å². The Hall–Kier alpha value is -3.41. The molecule has 0 aliphatic heterocycles. The number of para-hydroxylation sites is 1. The number of aryl methyl sites for hydroxylation is 1. The van der Waals surface area contributed by atoms with E-state index >= 15 is 0 Å². The summed E-state index contributed by atoms with van der Waals surface area (Å²) in [5, 5.41) is 5.09. The van der Waals surface area contributed by atoms with E-state index in [1.54, 1.807) is 23.0 Å². The number of carbonyl (C=O) groups excluding carboxylic acids is 1. The van der Waals surface area contributed by atoms with E-state index in [2.05, 4.69) is 10.1 Å². The van der Waals surface area contributed by atoms with Crippen molar-refractivity contribution in [2.24, 2.45) is 0 Å². The maximum Gasteiger partial charge on any atom is 0.290 e. The maximum atomic E-state index is 13.0. The molecule has 0 saturated heterocycles. The summed E-state index contributed by atoms with van der Waals surface area (Å²) < 4.78 is 7.52. The average Bonchev–Trinajstić information content (AvgIpc) is 3.35. The quantitative estimate of drug-likeness (QED) is 0.548. The van der Waals surface area contributed by atoms with Crippen molar-refractivity contribution in [2.75, 3.05) is 7.05 Å². The highest BCUT2D eigenvalue weighted by molar-refractivity contribution is 5.99. The van der Waals surface area contributed by atoms with Gasteiger partial charge in [0.2, 0.25) is 0 Å². The minimum absolute atomic E-state index is 0.102. The number of furan rings is 1. The van der Waals surface area contributed by atoms with Crippen LogP contribution < -0.4 is 0 Å². The van der Waals surface area contributed by atoms with Crippen LogP contribution in [0.15, 0.2) is 65.6 Å². The van der Waals surface area contributed by atoms with Gasteiger partial charge in [-0.15, -0.1) is 0 Å². The van der Waals surface area contributed by atoms with Crippen LogP contribution in [0.25, 0.3) is 16.7 Å². The van der Waals surface area contributed by atoms with Crippen LogP contribution >= 0.6 is 0 Å². The van der Waals surface area contributed by atoms with Crippen molar-refractivity contribution in [1.82, 2.24) is 19.7 Å². The van der Waals surface area contributed by atoms with Crippen LogP contribution in [0.2, 0.25) is 0 Å². The highest BCUT2D eigenvalue weighted by Crippen LogP contribution is 2.28. The molecule has 0 unspecified atom stereocenters. The first-order chi connectivity index (χ1) is 13.1. The predicted octanol–water partition coefficient (Wildman–Crippen LogP) is 4.16. The summed E-state index contributed by atoms with van der Waals surface area (Å²) in [4.78, 5) is 18.7. The van der Waals surface area contributed by atoms with Crippen LogP contribution in [-0.4, -0.2) is 32.6 Å². The lowest BCUT2D eigenvalue weighted by Crippen LogP contribution is -2.29. The number of aromatic nitrogens is 3. The second kappa shape index (κ2) is 6.72. The zero-order chi connectivity index (χ0) is 19.0. The molecule has 4 rings (SSSR count). The second-order valence-electron chi connectivity index (χ2n) is 6.58. The Morgan fingerprint density at radius 1 is 1.15 bits per heavy atom. The van der Waals surface area contributed by atoms with Crippen LogP contribution in [0.5, 0.6) is 0 Å². The summed E-state index contributed by atoms with van der Waals surface area (Å²) in [7, 11) is 1.80. The van der Waals surface area contributed by atoms with E-state index in [1.165, 1.54) is 6.33 Å². The van der Waals surface area contributed by atoms with Crippen molar-refractivity contribution in [3.05, 3.63) is 78.1 Å². The van der Waals surface area contributed by atoms with E-state index in [0.29, 0.717) is 5.76 Å². The Balaban J connectivity index is 1.58. The summed E-state index contributed by atoms with van der Waals surface area (Å²) >= 11 is 0. The van der Waals surface area contributed by atoms with Gasteiger partial charge in [-0.2, -0.15) is 5.10 Å². The van der Waals surface area contributed by atoms with E-state index < -0.39 is 0 Å². The van der Waals surface area contributed by atoms with Gasteiger partial charge in [0.15, 0.2) is 5.76 Å². The molecule has 0 N–H and O–H groups in total. The predicted molar refractivity (Wildman–Crippen MR) is 103 cm³/mol. The smallest absolute Gasteiger partial charge is 0.290 e. The number of benzene rings is 2. The number of carbonyl (C=O) groups is 1. The van der Waals surface area contributed by atoms with Crippen molar-refractivity contribution >= 4 is 16.9 Å². The van der Waals surface area contributed by atoms with E-state index in [0.717, 1.165) is 27.8 Å². The number of amides is 1. The Labute approximate surface area is 157 Å². The molecule has 4 aromatic rings. The first-order valence-corrected chi connectivity index (χ1v) is 8.76. The molecule has 0 saturated carbocycles. The normalized spacial score (nSPS) is 12.3. The Morgan fingerprint density at radius 2 is 1.89 bits per heavy atom. The first kappa shape index (κ1) is 17.0. The van der Waals surface area contributed by atoms with E-state index in [4.69, 9.17) is 4.42 Å². The molecular formula is C21H20N4O2. The van der Waals surface area contributed by atoms with Gasteiger partial charge in [0.05, 0.1) is 11.7 Å². The minimum Gasteiger partial charge on any atom is -0.451 e. The Kier molecular flexibility index (Phi) is 4.24. The number of fused-ring (bicyclic) bond motifs is 1. The number of hydrogen-bond donors (Lipinski definition) is 0. The van der Waals surface area contributed by atoms with Gasteiger partial charge in [0, 0.05) is 18.0 Å². The van der Waals surface area contributed by atoms with Crippen LogP contribution in [0.3, 0.4) is 0 Å². The lowest BCUT2D eigenvalue weighted by Gasteiger charge is -2.25. The fourth-order valence-corrected chi connectivity index (χ4v) is 3.19. The third-order valence-electron chi connectivity index (χ3n) is 5.00. The fraction of sp³-hybridized carbons (Fsp3) is 0.190. The first-order valence-electron chi connectivity index (χ1n) is 8.76. The molecule has 27 heavy (non-hydrogen) atoms. The molecule has 136 valence electrons. The number of rotatable bonds is 4. The van der Waals surface area contributed by atoms with Crippen molar-refractivity contribution in [3.63, 3.8) is 0 Å². The molecular weight excluding hydrogens is 340 g/mol. The van der Waals surface area contributed by atoms with E-state index in [9.17, 15) is 4.79 Å². The molecule has 2 aromatic carbocycles. The van der Waals surface area contributed by atoms with Crippen molar-refractivity contribution < 1.29 is 9.21 Å². The largest absolute Gasteiger partial charge is 0.451 e. The van der Waals surface area contributed by atoms with Gasteiger partial charge in [-0.1, -0.05) is 30.3 Å². The van der Waals surface area contributed by atoms with Crippen LogP contribution in [-0.2, 0) is 0 Å². The topological polar surface area (TPSA) is 64.2 Å². The summed E-state index contributed by atoms with van der Waals surface area (Å²) in [6, 6.07) is 15.5. The standard InChI is InChI=1S/C21H20N4O2/c1-14-18-6-4-5-7-19(18)27-20(14)21(26)24(3)15(2)16-8-10-17(11-9-16)25-13-22-12-23-25/h4-13,15H,1-3H3/t15-/m1/s1. The second-order valence-corrected chi connectivity index (χ2v) is 6.58. The molecule has 6 heteroatoms. The Morgan fingerprint density at radius 3 is 2.56 bits per heavy atom. The molecule has 0 spiro atoms. The third-order valence-corrected chi connectivity index (χ3v) is 5.00.